The second-order valence-electron chi connectivity index (χ2n) is 9.00. The minimum atomic E-state index is -0.880. The van der Waals surface area contributed by atoms with Crippen molar-refractivity contribution < 1.29 is 23.8 Å². The molecule has 0 aliphatic carbocycles. The van der Waals surface area contributed by atoms with Crippen LogP contribution in [0.1, 0.15) is 29.5 Å². The molecule has 38 heavy (non-hydrogen) atoms. The molecule has 0 saturated carbocycles. The summed E-state index contributed by atoms with van der Waals surface area (Å²) in [4.78, 5) is 30.4. The number of azide groups is 1. The average Bonchev–Trinajstić information content (AvgIpc) is 2.96. The van der Waals surface area contributed by atoms with Crippen LogP contribution in [-0.2, 0) is 38.8 Å². The van der Waals surface area contributed by atoms with Gasteiger partial charge in [-0.1, -0.05) is 96.1 Å². The van der Waals surface area contributed by atoms with Gasteiger partial charge in [-0.05, 0) is 35.1 Å². The first-order valence-electron chi connectivity index (χ1n) is 12.5. The summed E-state index contributed by atoms with van der Waals surface area (Å²) in [6, 6.07) is 27.2. The Morgan fingerprint density at radius 3 is 2.08 bits per heavy atom. The molecule has 0 aromatic heterocycles. The molecular weight excluding hydrogens is 484 g/mol. The molecule has 9 heteroatoms. The van der Waals surface area contributed by atoms with E-state index in [0.29, 0.717) is 19.4 Å². The molecule has 1 amide bonds. The molecule has 0 radical (unpaired) electrons. The third kappa shape index (κ3) is 7.59. The minimum Gasteiger partial charge on any atom is -0.460 e. The molecule has 3 aromatic carbocycles. The molecule has 3 atom stereocenters. The highest BCUT2D eigenvalue weighted by atomic mass is 16.6. The van der Waals surface area contributed by atoms with Gasteiger partial charge in [-0.2, -0.15) is 0 Å². The molecule has 1 aliphatic rings. The summed E-state index contributed by atoms with van der Waals surface area (Å²) in [5.41, 5.74) is 11.5. The zero-order chi connectivity index (χ0) is 26.6. The van der Waals surface area contributed by atoms with Gasteiger partial charge < -0.3 is 14.2 Å². The van der Waals surface area contributed by atoms with Crippen molar-refractivity contribution in [3.05, 3.63) is 118 Å². The van der Waals surface area contributed by atoms with E-state index in [2.05, 4.69) is 10.0 Å². The third-order valence-corrected chi connectivity index (χ3v) is 6.32. The smallest absolute Gasteiger partial charge is 0.410 e. The minimum absolute atomic E-state index is 0.103. The number of rotatable bonds is 11. The van der Waals surface area contributed by atoms with Gasteiger partial charge in [0, 0.05) is 11.5 Å². The van der Waals surface area contributed by atoms with Crippen LogP contribution in [0.2, 0.25) is 0 Å². The molecule has 3 aromatic rings. The molecule has 0 spiro atoms. The molecule has 1 fully saturated rings. The van der Waals surface area contributed by atoms with E-state index in [1.807, 2.05) is 91.0 Å². The molecule has 9 nitrogen and oxygen atoms in total. The fourth-order valence-electron chi connectivity index (χ4n) is 4.33. The number of amides is 1. The average molecular weight is 515 g/mol. The maximum Gasteiger partial charge on any atom is 0.410 e. The van der Waals surface area contributed by atoms with Gasteiger partial charge in [-0.25, -0.2) is 4.79 Å². The number of nitrogens with zero attached hydrogens (tertiary/aromatic N) is 4. The van der Waals surface area contributed by atoms with Crippen LogP contribution in [0.3, 0.4) is 0 Å². The van der Waals surface area contributed by atoms with Gasteiger partial charge >= 0.3 is 12.1 Å². The molecule has 4 rings (SSSR count). The number of benzene rings is 3. The van der Waals surface area contributed by atoms with Crippen molar-refractivity contribution in [3.63, 3.8) is 0 Å². The van der Waals surface area contributed by atoms with E-state index in [4.69, 9.17) is 19.7 Å². The van der Waals surface area contributed by atoms with E-state index in [-0.39, 0.29) is 19.8 Å². The first-order valence-corrected chi connectivity index (χ1v) is 12.5. The van der Waals surface area contributed by atoms with E-state index in [9.17, 15) is 9.59 Å². The molecule has 0 bridgehead atoms. The van der Waals surface area contributed by atoms with Crippen molar-refractivity contribution in [2.45, 2.75) is 50.8 Å². The Morgan fingerprint density at radius 1 is 0.921 bits per heavy atom. The van der Waals surface area contributed by atoms with Gasteiger partial charge in [0.25, 0.3) is 0 Å². The van der Waals surface area contributed by atoms with Gasteiger partial charge in [0.05, 0.1) is 19.3 Å². The summed E-state index contributed by atoms with van der Waals surface area (Å²) < 4.78 is 17.5. The number of esters is 1. The van der Waals surface area contributed by atoms with E-state index < -0.39 is 30.3 Å². The van der Waals surface area contributed by atoms with Crippen LogP contribution >= 0.6 is 0 Å². The van der Waals surface area contributed by atoms with Crippen molar-refractivity contribution >= 4 is 12.1 Å². The Kier molecular flexibility index (Phi) is 9.73. The highest BCUT2D eigenvalue weighted by Crippen LogP contribution is 2.25. The highest BCUT2D eigenvalue weighted by molar-refractivity contribution is 5.77. The van der Waals surface area contributed by atoms with Crippen LogP contribution in [-0.4, -0.2) is 41.8 Å². The number of hydrogen-bond donors (Lipinski definition) is 0. The third-order valence-electron chi connectivity index (χ3n) is 6.32. The van der Waals surface area contributed by atoms with Crippen molar-refractivity contribution in [1.82, 2.24) is 4.90 Å². The summed E-state index contributed by atoms with van der Waals surface area (Å²) >= 11 is 0. The summed E-state index contributed by atoms with van der Waals surface area (Å²) in [7, 11) is 0. The largest absolute Gasteiger partial charge is 0.460 e. The van der Waals surface area contributed by atoms with Gasteiger partial charge in [0.2, 0.25) is 0 Å². The number of ether oxygens (including phenoxy) is 3. The van der Waals surface area contributed by atoms with E-state index >= 15 is 0 Å². The normalized spacial score (nSPS) is 17.5. The molecule has 1 saturated heterocycles. The highest BCUT2D eigenvalue weighted by Gasteiger charge is 2.39. The van der Waals surface area contributed by atoms with Crippen LogP contribution in [0.5, 0.6) is 0 Å². The summed E-state index contributed by atoms with van der Waals surface area (Å²) in [5, 5.41) is 3.54. The van der Waals surface area contributed by atoms with Crippen LogP contribution in [0.15, 0.2) is 96.1 Å². The quantitative estimate of drug-likeness (QED) is 0.139. The SMILES string of the molecule is [N-]=[N+]=N[C@H]1CC[C@@H]([C@H](COCc2ccccc2)N(Cc2ccccc2)C(=O)OCc2ccccc2)OC1=O. The lowest BCUT2D eigenvalue weighted by Gasteiger charge is -2.38. The Balaban J connectivity index is 1.56. The standard InChI is InChI=1S/C29H30N4O5/c30-32-31-25-16-17-27(38-28(25)34)26(21-36-19-23-12-6-2-7-13-23)33(18-22-10-4-1-5-11-22)29(35)37-20-24-14-8-3-9-15-24/h1-15,25-27H,16-21H2/t25-,26-,27-/m0/s1. The predicted octanol–water partition coefficient (Wildman–Crippen LogP) is 5.80. The van der Waals surface area contributed by atoms with Crippen LogP contribution in [0.4, 0.5) is 4.79 Å². The number of cyclic esters (lactones) is 1. The Morgan fingerprint density at radius 2 is 1.50 bits per heavy atom. The van der Waals surface area contributed by atoms with Gasteiger partial charge in [-0.3, -0.25) is 9.69 Å². The molecular formula is C29H30N4O5. The lowest BCUT2D eigenvalue weighted by molar-refractivity contribution is -0.162. The van der Waals surface area contributed by atoms with E-state index in [0.717, 1.165) is 16.7 Å². The van der Waals surface area contributed by atoms with Crippen molar-refractivity contribution in [1.29, 1.82) is 0 Å². The number of hydrogen-bond acceptors (Lipinski definition) is 6. The molecule has 1 heterocycles. The fourth-order valence-corrected chi connectivity index (χ4v) is 4.33. The Bertz CT molecular complexity index is 1220. The second kappa shape index (κ2) is 13.8. The maximum atomic E-state index is 13.5. The zero-order valence-electron chi connectivity index (χ0n) is 21.0. The van der Waals surface area contributed by atoms with Crippen LogP contribution < -0.4 is 0 Å². The fraction of sp³-hybridized carbons (Fsp3) is 0.310. The number of carbonyl (C=O) groups is 2. The first-order chi connectivity index (χ1) is 18.6. The van der Waals surface area contributed by atoms with Crippen molar-refractivity contribution in [2.75, 3.05) is 6.61 Å². The van der Waals surface area contributed by atoms with Gasteiger partial charge in [0.15, 0.2) is 0 Å². The van der Waals surface area contributed by atoms with E-state index in [1.165, 1.54) is 0 Å². The van der Waals surface area contributed by atoms with Crippen molar-refractivity contribution in [2.24, 2.45) is 5.11 Å². The topological polar surface area (TPSA) is 114 Å². The van der Waals surface area contributed by atoms with Gasteiger partial charge in [0.1, 0.15) is 18.8 Å². The van der Waals surface area contributed by atoms with Crippen LogP contribution in [0, 0.1) is 0 Å². The monoisotopic (exact) mass is 514 g/mol. The summed E-state index contributed by atoms with van der Waals surface area (Å²) in [6.07, 6.45) is -0.469. The first kappa shape index (κ1) is 26.7. The summed E-state index contributed by atoms with van der Waals surface area (Å²) in [6.45, 7) is 0.789. The number of carbonyl (C=O) groups excluding carboxylic acids is 2. The summed E-state index contributed by atoms with van der Waals surface area (Å²) in [5.74, 6) is -0.607. The second-order valence-corrected chi connectivity index (χ2v) is 9.00. The Hall–Kier alpha value is -4.33. The molecule has 0 N–H and O–H groups in total. The van der Waals surface area contributed by atoms with E-state index in [1.54, 1.807) is 4.90 Å². The van der Waals surface area contributed by atoms with Crippen LogP contribution in [0.25, 0.3) is 10.4 Å². The lowest BCUT2D eigenvalue weighted by atomic mass is 9.98. The predicted molar refractivity (Wildman–Crippen MR) is 141 cm³/mol. The maximum absolute atomic E-state index is 13.5. The zero-order valence-corrected chi connectivity index (χ0v) is 21.0. The molecule has 1 aliphatic heterocycles. The lowest BCUT2D eigenvalue weighted by Crippen LogP contribution is -2.53. The molecule has 0 unspecified atom stereocenters. The Labute approximate surface area is 221 Å². The van der Waals surface area contributed by atoms with Crippen molar-refractivity contribution in [3.8, 4) is 0 Å². The van der Waals surface area contributed by atoms with Gasteiger partial charge in [-0.15, -0.1) is 0 Å². The molecule has 196 valence electrons.